The summed E-state index contributed by atoms with van der Waals surface area (Å²) in [5.74, 6) is 0.397. The molecular formula is C19H20FN5O2S. The van der Waals surface area contributed by atoms with Crippen LogP contribution < -0.4 is 14.9 Å². The third-order valence-electron chi connectivity index (χ3n) is 3.82. The van der Waals surface area contributed by atoms with Crippen LogP contribution in [-0.2, 0) is 10.0 Å². The fraction of sp³-hybridized carbons (Fsp3) is 0.158. The molecule has 3 rings (SSSR count). The first-order valence-electron chi connectivity index (χ1n) is 8.42. The zero-order valence-corrected chi connectivity index (χ0v) is 16.5. The highest BCUT2D eigenvalue weighted by Crippen LogP contribution is 2.22. The number of anilines is 4. The van der Waals surface area contributed by atoms with Crippen LogP contribution >= 0.6 is 0 Å². The normalized spacial score (nSPS) is 11.1. The molecule has 0 atom stereocenters. The van der Waals surface area contributed by atoms with Crippen molar-refractivity contribution in [2.75, 3.05) is 29.0 Å². The highest BCUT2D eigenvalue weighted by atomic mass is 32.2. The van der Waals surface area contributed by atoms with Crippen LogP contribution in [0, 0.1) is 12.7 Å². The van der Waals surface area contributed by atoms with Gasteiger partial charge in [0.25, 0.3) is 10.0 Å². The van der Waals surface area contributed by atoms with Gasteiger partial charge in [-0.2, -0.15) is 4.98 Å². The Morgan fingerprint density at radius 3 is 2.25 bits per heavy atom. The second kappa shape index (κ2) is 7.81. The van der Waals surface area contributed by atoms with Gasteiger partial charge in [0.05, 0.1) is 0 Å². The van der Waals surface area contributed by atoms with Gasteiger partial charge in [-0.1, -0.05) is 12.1 Å². The largest absolute Gasteiger partial charge is 0.363 e. The molecule has 7 nitrogen and oxygen atoms in total. The SMILES string of the molecule is Cc1cc(N(C)C)nc(Nc2ccc(NS(=O)(=O)c3ccccc3F)cc2)n1. The second-order valence-corrected chi connectivity index (χ2v) is 7.97. The van der Waals surface area contributed by atoms with Crippen LogP contribution in [0.2, 0.25) is 0 Å². The Labute approximate surface area is 163 Å². The van der Waals surface area contributed by atoms with Crippen molar-refractivity contribution in [3.05, 3.63) is 66.1 Å². The molecule has 28 heavy (non-hydrogen) atoms. The molecule has 9 heteroatoms. The maximum absolute atomic E-state index is 13.8. The number of aromatic nitrogens is 2. The standard InChI is InChI=1S/C19H20FN5O2S/c1-13-12-18(25(2)3)23-19(21-13)22-14-8-10-15(11-9-14)24-28(26,27)17-7-5-4-6-16(17)20/h4-12,24H,1-3H3,(H,21,22,23). The highest BCUT2D eigenvalue weighted by molar-refractivity contribution is 7.92. The van der Waals surface area contributed by atoms with Crippen molar-refractivity contribution in [1.29, 1.82) is 0 Å². The zero-order chi connectivity index (χ0) is 20.3. The lowest BCUT2D eigenvalue weighted by molar-refractivity contribution is 0.570. The van der Waals surface area contributed by atoms with Crippen molar-refractivity contribution < 1.29 is 12.8 Å². The van der Waals surface area contributed by atoms with Gasteiger partial charge >= 0.3 is 0 Å². The molecule has 146 valence electrons. The lowest BCUT2D eigenvalue weighted by Gasteiger charge is -2.14. The summed E-state index contributed by atoms with van der Waals surface area (Å²) in [7, 11) is -0.230. The molecule has 0 spiro atoms. The van der Waals surface area contributed by atoms with E-state index in [1.54, 1.807) is 24.3 Å². The number of hydrogen-bond acceptors (Lipinski definition) is 6. The third kappa shape index (κ3) is 4.55. The van der Waals surface area contributed by atoms with Crippen LogP contribution in [0.25, 0.3) is 0 Å². The number of benzene rings is 2. The van der Waals surface area contributed by atoms with E-state index in [4.69, 9.17) is 0 Å². The van der Waals surface area contributed by atoms with E-state index in [0.29, 0.717) is 17.3 Å². The molecular weight excluding hydrogens is 381 g/mol. The van der Waals surface area contributed by atoms with Gasteiger partial charge in [0, 0.05) is 37.2 Å². The number of nitrogens with zero attached hydrogens (tertiary/aromatic N) is 3. The maximum atomic E-state index is 13.8. The molecule has 0 unspecified atom stereocenters. The smallest absolute Gasteiger partial charge is 0.264 e. The fourth-order valence-electron chi connectivity index (χ4n) is 2.46. The Morgan fingerprint density at radius 2 is 1.61 bits per heavy atom. The minimum absolute atomic E-state index is 0.313. The number of rotatable bonds is 6. The fourth-order valence-corrected chi connectivity index (χ4v) is 3.60. The summed E-state index contributed by atoms with van der Waals surface area (Å²) in [5.41, 5.74) is 1.81. The summed E-state index contributed by atoms with van der Waals surface area (Å²) in [4.78, 5) is 10.2. The Balaban J connectivity index is 1.76. The minimum Gasteiger partial charge on any atom is -0.363 e. The first-order chi connectivity index (χ1) is 13.2. The molecule has 0 amide bonds. The van der Waals surface area contributed by atoms with Crippen molar-refractivity contribution >= 4 is 33.2 Å². The van der Waals surface area contributed by atoms with Crippen LogP contribution in [0.4, 0.5) is 27.5 Å². The second-order valence-electron chi connectivity index (χ2n) is 6.32. The molecule has 0 fully saturated rings. The molecule has 0 aliphatic heterocycles. The summed E-state index contributed by atoms with van der Waals surface area (Å²) in [6.07, 6.45) is 0. The summed E-state index contributed by atoms with van der Waals surface area (Å²) < 4.78 is 40.8. The molecule has 0 saturated heterocycles. The first kappa shape index (κ1) is 19.6. The summed E-state index contributed by atoms with van der Waals surface area (Å²) in [5, 5.41) is 3.08. The highest BCUT2D eigenvalue weighted by Gasteiger charge is 2.18. The molecule has 1 heterocycles. The van der Waals surface area contributed by atoms with Gasteiger partial charge in [-0.3, -0.25) is 4.72 Å². The van der Waals surface area contributed by atoms with E-state index in [-0.39, 0.29) is 0 Å². The van der Waals surface area contributed by atoms with Gasteiger partial charge in [-0.15, -0.1) is 0 Å². The van der Waals surface area contributed by atoms with E-state index >= 15 is 0 Å². The molecule has 0 bridgehead atoms. The van der Waals surface area contributed by atoms with E-state index in [0.717, 1.165) is 17.6 Å². The Morgan fingerprint density at radius 1 is 0.964 bits per heavy atom. The average Bonchev–Trinajstić information content (AvgIpc) is 2.63. The van der Waals surface area contributed by atoms with Crippen molar-refractivity contribution in [2.45, 2.75) is 11.8 Å². The predicted octanol–water partition coefficient (Wildman–Crippen LogP) is 3.53. The Hall–Kier alpha value is -3.20. The summed E-state index contributed by atoms with van der Waals surface area (Å²) in [6, 6.07) is 13.6. The number of halogens is 1. The minimum atomic E-state index is -4.01. The van der Waals surface area contributed by atoms with Crippen molar-refractivity contribution in [3.63, 3.8) is 0 Å². The number of hydrogen-bond donors (Lipinski definition) is 2. The van der Waals surface area contributed by atoms with E-state index in [9.17, 15) is 12.8 Å². The third-order valence-corrected chi connectivity index (χ3v) is 5.23. The molecule has 0 aliphatic rings. The van der Waals surface area contributed by atoms with Gasteiger partial charge in [-0.05, 0) is 43.3 Å². The summed E-state index contributed by atoms with van der Waals surface area (Å²) in [6.45, 7) is 1.88. The summed E-state index contributed by atoms with van der Waals surface area (Å²) >= 11 is 0. The van der Waals surface area contributed by atoms with Gasteiger partial charge in [0.1, 0.15) is 16.5 Å². The number of nitrogens with one attached hydrogen (secondary N) is 2. The number of sulfonamides is 1. The monoisotopic (exact) mass is 401 g/mol. The maximum Gasteiger partial charge on any atom is 0.264 e. The molecule has 3 aromatic rings. The predicted molar refractivity (Wildman–Crippen MR) is 108 cm³/mol. The lowest BCUT2D eigenvalue weighted by atomic mass is 10.3. The van der Waals surface area contributed by atoms with Gasteiger partial charge < -0.3 is 10.2 Å². The van der Waals surface area contributed by atoms with Gasteiger partial charge in [-0.25, -0.2) is 17.8 Å². The molecule has 2 N–H and O–H groups in total. The van der Waals surface area contributed by atoms with Crippen molar-refractivity contribution in [2.24, 2.45) is 0 Å². The molecule has 0 aliphatic carbocycles. The molecule has 0 radical (unpaired) electrons. The Kier molecular flexibility index (Phi) is 5.46. The van der Waals surface area contributed by atoms with E-state index in [2.05, 4.69) is 20.0 Å². The molecule has 2 aromatic carbocycles. The van der Waals surface area contributed by atoms with Crippen LogP contribution in [0.3, 0.4) is 0 Å². The average molecular weight is 401 g/mol. The molecule has 0 saturated carbocycles. The van der Waals surface area contributed by atoms with E-state index in [1.165, 1.54) is 18.2 Å². The first-order valence-corrected chi connectivity index (χ1v) is 9.90. The topological polar surface area (TPSA) is 87.2 Å². The van der Waals surface area contributed by atoms with Crippen molar-refractivity contribution in [1.82, 2.24) is 9.97 Å². The van der Waals surface area contributed by atoms with Crippen LogP contribution in [0.1, 0.15) is 5.69 Å². The lowest BCUT2D eigenvalue weighted by Crippen LogP contribution is -2.14. The van der Waals surface area contributed by atoms with Crippen LogP contribution in [0.5, 0.6) is 0 Å². The van der Waals surface area contributed by atoms with Crippen molar-refractivity contribution in [3.8, 4) is 0 Å². The van der Waals surface area contributed by atoms with E-state index in [1.807, 2.05) is 32.0 Å². The Bertz CT molecular complexity index is 1090. The van der Waals surface area contributed by atoms with Crippen LogP contribution in [0.15, 0.2) is 59.5 Å². The van der Waals surface area contributed by atoms with Gasteiger partial charge in [0.2, 0.25) is 5.95 Å². The zero-order valence-electron chi connectivity index (χ0n) is 15.6. The quantitative estimate of drug-likeness (QED) is 0.657. The van der Waals surface area contributed by atoms with Crippen LogP contribution in [-0.4, -0.2) is 32.5 Å². The number of aryl methyl sites for hydroxylation is 1. The van der Waals surface area contributed by atoms with E-state index < -0.39 is 20.7 Å². The van der Waals surface area contributed by atoms with Gasteiger partial charge in [0.15, 0.2) is 0 Å². The molecule has 1 aromatic heterocycles.